The number of amides is 1. The lowest BCUT2D eigenvalue weighted by Crippen LogP contribution is -2.21. The summed E-state index contributed by atoms with van der Waals surface area (Å²) in [6.45, 7) is 2.12. The fourth-order valence-electron chi connectivity index (χ4n) is 1.51. The Labute approximate surface area is 96.0 Å². The van der Waals surface area contributed by atoms with E-state index in [1.165, 1.54) is 6.92 Å². The van der Waals surface area contributed by atoms with Gasteiger partial charge in [-0.25, -0.2) is 0 Å². The SMILES string of the molecule is CNC(COC)c1ccc(NC(C)=O)cc1. The zero-order valence-electron chi connectivity index (χ0n) is 9.91. The van der Waals surface area contributed by atoms with Crippen molar-refractivity contribution in [2.24, 2.45) is 0 Å². The number of rotatable bonds is 5. The van der Waals surface area contributed by atoms with Crippen LogP contribution in [-0.4, -0.2) is 26.7 Å². The lowest BCUT2D eigenvalue weighted by molar-refractivity contribution is -0.114. The highest BCUT2D eigenvalue weighted by Gasteiger charge is 2.08. The van der Waals surface area contributed by atoms with Crippen molar-refractivity contribution in [3.63, 3.8) is 0 Å². The van der Waals surface area contributed by atoms with Crippen LogP contribution in [0.5, 0.6) is 0 Å². The molecular weight excluding hydrogens is 204 g/mol. The quantitative estimate of drug-likeness (QED) is 0.794. The summed E-state index contributed by atoms with van der Waals surface area (Å²) in [5, 5.41) is 5.90. The van der Waals surface area contributed by atoms with Crippen molar-refractivity contribution in [2.75, 3.05) is 26.1 Å². The van der Waals surface area contributed by atoms with Crippen LogP contribution in [0.25, 0.3) is 0 Å². The van der Waals surface area contributed by atoms with E-state index in [4.69, 9.17) is 4.74 Å². The summed E-state index contributed by atoms with van der Waals surface area (Å²) in [6, 6.07) is 7.90. The van der Waals surface area contributed by atoms with Crippen LogP contribution in [-0.2, 0) is 9.53 Å². The maximum absolute atomic E-state index is 10.8. The molecule has 88 valence electrons. The Kier molecular flexibility index (Phi) is 4.95. The largest absolute Gasteiger partial charge is 0.383 e. The van der Waals surface area contributed by atoms with Crippen LogP contribution in [0.1, 0.15) is 18.5 Å². The summed E-state index contributed by atoms with van der Waals surface area (Å²) in [7, 11) is 3.57. The minimum atomic E-state index is -0.0604. The number of hydrogen-bond donors (Lipinski definition) is 2. The Balaban J connectivity index is 2.72. The van der Waals surface area contributed by atoms with E-state index >= 15 is 0 Å². The summed E-state index contributed by atoms with van der Waals surface area (Å²) >= 11 is 0. The molecule has 1 unspecified atom stereocenters. The van der Waals surface area contributed by atoms with E-state index in [1.807, 2.05) is 31.3 Å². The Morgan fingerprint density at radius 3 is 2.44 bits per heavy atom. The van der Waals surface area contributed by atoms with E-state index in [0.29, 0.717) is 6.61 Å². The topological polar surface area (TPSA) is 50.4 Å². The minimum absolute atomic E-state index is 0.0604. The van der Waals surface area contributed by atoms with Gasteiger partial charge in [0.1, 0.15) is 0 Å². The van der Waals surface area contributed by atoms with Gasteiger partial charge in [0.25, 0.3) is 0 Å². The molecule has 0 bridgehead atoms. The van der Waals surface area contributed by atoms with Gasteiger partial charge in [0.2, 0.25) is 5.91 Å². The van der Waals surface area contributed by atoms with Crippen LogP contribution in [0, 0.1) is 0 Å². The molecule has 0 radical (unpaired) electrons. The lowest BCUT2D eigenvalue weighted by Gasteiger charge is -2.15. The van der Waals surface area contributed by atoms with Gasteiger partial charge < -0.3 is 15.4 Å². The molecule has 0 aliphatic heterocycles. The van der Waals surface area contributed by atoms with Crippen LogP contribution in [0.2, 0.25) is 0 Å². The predicted octanol–water partition coefficient (Wildman–Crippen LogP) is 1.55. The average Bonchev–Trinajstić information content (AvgIpc) is 2.26. The molecule has 1 aromatic carbocycles. The summed E-state index contributed by atoms with van der Waals surface area (Å²) in [5.74, 6) is -0.0604. The fourth-order valence-corrected chi connectivity index (χ4v) is 1.51. The maximum Gasteiger partial charge on any atom is 0.221 e. The number of ether oxygens (including phenoxy) is 1. The van der Waals surface area contributed by atoms with Crippen LogP contribution < -0.4 is 10.6 Å². The number of nitrogens with one attached hydrogen (secondary N) is 2. The van der Waals surface area contributed by atoms with Gasteiger partial charge in [-0.2, -0.15) is 0 Å². The predicted molar refractivity (Wildman–Crippen MR) is 64.4 cm³/mol. The van der Waals surface area contributed by atoms with E-state index in [1.54, 1.807) is 7.11 Å². The first kappa shape index (κ1) is 12.7. The van der Waals surface area contributed by atoms with Crippen molar-refractivity contribution in [1.82, 2.24) is 5.32 Å². The lowest BCUT2D eigenvalue weighted by atomic mass is 10.1. The van der Waals surface area contributed by atoms with Crippen molar-refractivity contribution in [3.05, 3.63) is 29.8 Å². The van der Waals surface area contributed by atoms with Gasteiger partial charge in [-0.3, -0.25) is 4.79 Å². The summed E-state index contributed by atoms with van der Waals surface area (Å²) in [4.78, 5) is 10.8. The number of benzene rings is 1. The van der Waals surface area contributed by atoms with Gasteiger partial charge in [-0.15, -0.1) is 0 Å². The third-order valence-corrected chi connectivity index (χ3v) is 2.32. The van der Waals surface area contributed by atoms with Crippen molar-refractivity contribution >= 4 is 11.6 Å². The summed E-state index contributed by atoms with van der Waals surface area (Å²) in [6.07, 6.45) is 0. The smallest absolute Gasteiger partial charge is 0.221 e. The average molecular weight is 222 g/mol. The van der Waals surface area contributed by atoms with Gasteiger partial charge in [-0.1, -0.05) is 12.1 Å². The number of carbonyl (C=O) groups excluding carboxylic acids is 1. The molecule has 4 nitrogen and oxygen atoms in total. The molecule has 0 aromatic heterocycles. The van der Waals surface area contributed by atoms with Crippen LogP contribution >= 0.6 is 0 Å². The van der Waals surface area contributed by atoms with E-state index in [2.05, 4.69) is 10.6 Å². The highest BCUT2D eigenvalue weighted by Crippen LogP contribution is 2.16. The monoisotopic (exact) mass is 222 g/mol. The Hall–Kier alpha value is -1.39. The second-order valence-electron chi connectivity index (χ2n) is 3.60. The van der Waals surface area contributed by atoms with Crippen molar-refractivity contribution in [1.29, 1.82) is 0 Å². The van der Waals surface area contributed by atoms with Crippen LogP contribution in [0.15, 0.2) is 24.3 Å². The molecule has 0 saturated heterocycles. The first-order valence-electron chi connectivity index (χ1n) is 5.21. The van der Waals surface area contributed by atoms with Crippen molar-refractivity contribution in [2.45, 2.75) is 13.0 Å². The molecule has 1 amide bonds. The zero-order valence-corrected chi connectivity index (χ0v) is 9.91. The molecule has 2 N–H and O–H groups in total. The fraction of sp³-hybridized carbons (Fsp3) is 0.417. The number of methoxy groups -OCH3 is 1. The van der Waals surface area contributed by atoms with Crippen molar-refractivity contribution in [3.8, 4) is 0 Å². The molecule has 0 heterocycles. The van der Waals surface area contributed by atoms with E-state index < -0.39 is 0 Å². The first-order chi connectivity index (χ1) is 7.67. The number of carbonyl (C=O) groups is 1. The Morgan fingerprint density at radius 2 is 2.00 bits per heavy atom. The molecular formula is C12H18N2O2. The number of hydrogen-bond acceptors (Lipinski definition) is 3. The number of likely N-dealkylation sites (N-methyl/N-ethyl adjacent to an activating group) is 1. The van der Waals surface area contributed by atoms with Gasteiger partial charge in [0.15, 0.2) is 0 Å². The third kappa shape index (κ3) is 3.64. The second kappa shape index (κ2) is 6.25. The Morgan fingerprint density at radius 1 is 1.38 bits per heavy atom. The zero-order chi connectivity index (χ0) is 12.0. The van der Waals surface area contributed by atoms with E-state index in [0.717, 1.165) is 11.3 Å². The molecule has 0 spiro atoms. The minimum Gasteiger partial charge on any atom is -0.383 e. The molecule has 1 rings (SSSR count). The van der Waals surface area contributed by atoms with E-state index in [-0.39, 0.29) is 11.9 Å². The standard InChI is InChI=1S/C12H18N2O2/c1-9(15)14-11-6-4-10(5-7-11)12(13-2)8-16-3/h4-7,12-13H,8H2,1-3H3,(H,14,15). The number of anilines is 1. The van der Waals surface area contributed by atoms with Gasteiger partial charge in [-0.05, 0) is 24.7 Å². The van der Waals surface area contributed by atoms with Crippen LogP contribution in [0.4, 0.5) is 5.69 Å². The van der Waals surface area contributed by atoms with Gasteiger partial charge >= 0.3 is 0 Å². The Bertz CT molecular complexity index is 335. The van der Waals surface area contributed by atoms with Crippen molar-refractivity contribution < 1.29 is 9.53 Å². The molecule has 0 saturated carbocycles. The molecule has 0 aliphatic rings. The summed E-state index contributed by atoms with van der Waals surface area (Å²) < 4.78 is 5.11. The molecule has 1 aromatic rings. The van der Waals surface area contributed by atoms with Gasteiger partial charge in [0, 0.05) is 19.7 Å². The molecule has 16 heavy (non-hydrogen) atoms. The molecule has 0 aliphatic carbocycles. The third-order valence-electron chi connectivity index (χ3n) is 2.32. The highest BCUT2D eigenvalue weighted by molar-refractivity contribution is 5.88. The van der Waals surface area contributed by atoms with E-state index in [9.17, 15) is 4.79 Å². The highest BCUT2D eigenvalue weighted by atomic mass is 16.5. The summed E-state index contributed by atoms with van der Waals surface area (Å²) in [5.41, 5.74) is 1.95. The van der Waals surface area contributed by atoms with Crippen LogP contribution in [0.3, 0.4) is 0 Å². The first-order valence-corrected chi connectivity index (χ1v) is 5.21. The maximum atomic E-state index is 10.8. The second-order valence-corrected chi connectivity index (χ2v) is 3.60. The normalized spacial score (nSPS) is 12.2. The molecule has 4 heteroatoms. The van der Waals surface area contributed by atoms with Gasteiger partial charge in [0.05, 0.1) is 12.6 Å². The molecule has 0 fully saturated rings. The molecule has 1 atom stereocenters.